The highest BCUT2D eigenvalue weighted by atomic mass is 16.5. The van der Waals surface area contributed by atoms with E-state index in [0.717, 1.165) is 19.3 Å². The van der Waals surface area contributed by atoms with E-state index in [0.29, 0.717) is 19.0 Å². The van der Waals surface area contributed by atoms with Crippen LogP contribution >= 0.6 is 0 Å². The van der Waals surface area contributed by atoms with Gasteiger partial charge in [0.1, 0.15) is 0 Å². The maximum absolute atomic E-state index is 11.6. The van der Waals surface area contributed by atoms with Gasteiger partial charge in [0.15, 0.2) is 0 Å². The number of hydrogen-bond donors (Lipinski definition) is 1. The normalized spacial score (nSPS) is 17.1. The van der Waals surface area contributed by atoms with E-state index < -0.39 is 0 Å². The van der Waals surface area contributed by atoms with Crippen molar-refractivity contribution in [2.75, 3.05) is 13.7 Å². The summed E-state index contributed by atoms with van der Waals surface area (Å²) < 4.78 is 6.50. The topological polar surface area (TPSA) is 70.1 Å². The molecule has 0 atom stereocenters. The lowest BCUT2D eigenvalue weighted by Gasteiger charge is -2.14. The molecule has 2 N–H and O–H groups in total. The van der Waals surface area contributed by atoms with Crippen molar-refractivity contribution >= 4 is 0 Å². The van der Waals surface area contributed by atoms with Crippen LogP contribution in [-0.2, 0) is 6.54 Å². The van der Waals surface area contributed by atoms with Crippen LogP contribution in [0.25, 0.3) is 0 Å². The molecule has 0 radical (unpaired) electrons. The van der Waals surface area contributed by atoms with Crippen LogP contribution in [0.5, 0.6) is 5.88 Å². The number of aromatic nitrogens is 2. The van der Waals surface area contributed by atoms with E-state index in [1.54, 1.807) is 13.2 Å². The van der Waals surface area contributed by atoms with Gasteiger partial charge in [0, 0.05) is 12.1 Å². The third-order valence-electron chi connectivity index (χ3n) is 3.17. The van der Waals surface area contributed by atoms with Crippen LogP contribution in [0, 0.1) is 5.41 Å². The minimum atomic E-state index is -0.0795. The Hall–Kier alpha value is -1.36. The van der Waals surface area contributed by atoms with Crippen molar-refractivity contribution < 1.29 is 4.74 Å². The molecule has 1 heterocycles. The summed E-state index contributed by atoms with van der Waals surface area (Å²) in [6.45, 7) is 1.32. The fraction of sp³-hybridized carbons (Fsp3) is 0.636. The lowest BCUT2D eigenvalue weighted by Crippen LogP contribution is -2.27. The predicted molar refractivity (Wildman–Crippen MR) is 60.4 cm³/mol. The molecule has 0 aliphatic heterocycles. The Balaban J connectivity index is 2.17. The summed E-state index contributed by atoms with van der Waals surface area (Å²) in [7, 11) is 1.55. The minimum Gasteiger partial charge on any atom is -0.480 e. The Morgan fingerprint density at radius 3 is 2.88 bits per heavy atom. The van der Waals surface area contributed by atoms with Gasteiger partial charge in [-0.1, -0.05) is 0 Å². The van der Waals surface area contributed by atoms with E-state index >= 15 is 0 Å². The fourth-order valence-electron chi connectivity index (χ4n) is 1.94. The molecule has 2 rings (SSSR count). The second kappa shape index (κ2) is 4.25. The van der Waals surface area contributed by atoms with Crippen LogP contribution in [-0.4, -0.2) is 23.4 Å². The lowest BCUT2D eigenvalue weighted by molar-refractivity contribution is 0.334. The molecule has 1 fully saturated rings. The van der Waals surface area contributed by atoms with Crippen molar-refractivity contribution in [3.63, 3.8) is 0 Å². The molecule has 0 aromatic carbocycles. The summed E-state index contributed by atoms with van der Waals surface area (Å²) in [4.78, 5) is 11.6. The summed E-state index contributed by atoms with van der Waals surface area (Å²) in [5.41, 5.74) is 5.70. The average molecular weight is 223 g/mol. The van der Waals surface area contributed by atoms with Crippen LogP contribution in [0.2, 0.25) is 0 Å². The predicted octanol–water partition coefficient (Wildman–Crippen LogP) is 0.381. The standard InChI is InChI=1S/C11H17N3O2/c1-16-9-2-3-10(15)14(13-9)8-11(4-5-11)6-7-12/h2-3H,4-8,12H2,1H3. The van der Waals surface area contributed by atoms with Gasteiger partial charge < -0.3 is 10.5 Å². The van der Waals surface area contributed by atoms with E-state index in [1.165, 1.54) is 10.7 Å². The molecular weight excluding hydrogens is 206 g/mol. The van der Waals surface area contributed by atoms with Crippen LogP contribution in [0.15, 0.2) is 16.9 Å². The van der Waals surface area contributed by atoms with Crippen molar-refractivity contribution in [1.29, 1.82) is 0 Å². The fourth-order valence-corrected chi connectivity index (χ4v) is 1.94. The summed E-state index contributed by atoms with van der Waals surface area (Å²) >= 11 is 0. The second-order valence-electron chi connectivity index (χ2n) is 4.41. The van der Waals surface area contributed by atoms with Gasteiger partial charge in [-0.25, -0.2) is 4.68 Å². The number of nitrogens with two attached hydrogens (primary N) is 1. The number of rotatable bonds is 5. The monoisotopic (exact) mass is 223 g/mol. The minimum absolute atomic E-state index is 0.0795. The molecule has 1 aliphatic carbocycles. The number of nitrogens with zero attached hydrogens (tertiary/aromatic N) is 2. The number of ether oxygens (including phenoxy) is 1. The van der Waals surface area contributed by atoms with Gasteiger partial charge in [-0.2, -0.15) is 0 Å². The van der Waals surface area contributed by atoms with Gasteiger partial charge in [0.05, 0.1) is 13.7 Å². The molecule has 0 unspecified atom stereocenters. The number of methoxy groups -OCH3 is 1. The van der Waals surface area contributed by atoms with Gasteiger partial charge in [-0.05, 0) is 31.2 Å². The second-order valence-corrected chi connectivity index (χ2v) is 4.41. The number of hydrogen-bond acceptors (Lipinski definition) is 4. The first-order chi connectivity index (χ1) is 7.69. The van der Waals surface area contributed by atoms with E-state index in [1.807, 2.05) is 0 Å². The Bertz CT molecular complexity index is 423. The largest absolute Gasteiger partial charge is 0.480 e. The molecule has 88 valence electrons. The Morgan fingerprint density at radius 1 is 1.56 bits per heavy atom. The summed E-state index contributed by atoms with van der Waals surface area (Å²) in [5.74, 6) is 0.475. The van der Waals surface area contributed by atoms with Crippen LogP contribution in [0.4, 0.5) is 0 Å². The van der Waals surface area contributed by atoms with Gasteiger partial charge in [-0.15, -0.1) is 5.10 Å². The zero-order chi connectivity index (χ0) is 11.6. The maximum atomic E-state index is 11.6. The molecule has 1 aromatic heterocycles. The van der Waals surface area contributed by atoms with Crippen molar-refractivity contribution in [2.24, 2.45) is 11.1 Å². The van der Waals surface area contributed by atoms with Crippen LogP contribution in [0.3, 0.4) is 0 Å². The van der Waals surface area contributed by atoms with Crippen molar-refractivity contribution in [3.05, 3.63) is 22.5 Å². The van der Waals surface area contributed by atoms with E-state index in [9.17, 15) is 4.79 Å². The maximum Gasteiger partial charge on any atom is 0.266 e. The first-order valence-corrected chi connectivity index (χ1v) is 5.51. The molecule has 1 saturated carbocycles. The Morgan fingerprint density at radius 2 is 2.31 bits per heavy atom. The molecule has 1 aromatic rings. The third-order valence-corrected chi connectivity index (χ3v) is 3.17. The molecule has 0 spiro atoms. The molecular formula is C11H17N3O2. The quantitative estimate of drug-likeness (QED) is 0.783. The van der Waals surface area contributed by atoms with Crippen molar-refractivity contribution in [3.8, 4) is 5.88 Å². The van der Waals surface area contributed by atoms with Crippen molar-refractivity contribution in [2.45, 2.75) is 25.8 Å². The van der Waals surface area contributed by atoms with E-state index in [-0.39, 0.29) is 11.0 Å². The molecule has 1 aliphatic rings. The summed E-state index contributed by atoms with van der Waals surface area (Å²) in [6.07, 6.45) is 3.23. The summed E-state index contributed by atoms with van der Waals surface area (Å²) in [6, 6.07) is 3.08. The highest BCUT2D eigenvalue weighted by Gasteiger charge is 2.42. The molecule has 0 saturated heterocycles. The summed E-state index contributed by atoms with van der Waals surface area (Å²) in [5, 5.41) is 4.14. The molecule has 0 bridgehead atoms. The smallest absolute Gasteiger partial charge is 0.266 e. The highest BCUT2D eigenvalue weighted by Crippen LogP contribution is 2.49. The Kier molecular flexibility index (Phi) is 2.96. The zero-order valence-electron chi connectivity index (χ0n) is 9.48. The molecule has 0 amide bonds. The average Bonchev–Trinajstić information content (AvgIpc) is 3.02. The lowest BCUT2D eigenvalue weighted by atomic mass is 10.0. The van der Waals surface area contributed by atoms with Crippen LogP contribution < -0.4 is 16.0 Å². The van der Waals surface area contributed by atoms with Gasteiger partial charge in [-0.3, -0.25) is 4.79 Å². The van der Waals surface area contributed by atoms with Crippen LogP contribution in [0.1, 0.15) is 19.3 Å². The first-order valence-electron chi connectivity index (χ1n) is 5.51. The zero-order valence-corrected chi connectivity index (χ0v) is 9.48. The van der Waals surface area contributed by atoms with Gasteiger partial charge in [0.2, 0.25) is 5.88 Å². The van der Waals surface area contributed by atoms with E-state index in [4.69, 9.17) is 10.5 Å². The molecule has 5 heteroatoms. The molecule has 16 heavy (non-hydrogen) atoms. The SMILES string of the molecule is COc1ccc(=O)n(CC2(CCN)CC2)n1. The van der Waals surface area contributed by atoms with Gasteiger partial charge >= 0.3 is 0 Å². The Labute approximate surface area is 94.2 Å². The highest BCUT2D eigenvalue weighted by molar-refractivity contribution is 5.06. The van der Waals surface area contributed by atoms with Crippen molar-refractivity contribution in [1.82, 2.24) is 9.78 Å². The third kappa shape index (κ3) is 2.24. The molecule has 5 nitrogen and oxygen atoms in total. The van der Waals surface area contributed by atoms with E-state index in [2.05, 4.69) is 5.10 Å². The van der Waals surface area contributed by atoms with Gasteiger partial charge in [0.25, 0.3) is 5.56 Å². The first kappa shape index (κ1) is 11.1.